The van der Waals surface area contributed by atoms with E-state index < -0.39 is 11.5 Å². The summed E-state index contributed by atoms with van der Waals surface area (Å²) in [5.74, 6) is -0.529. The van der Waals surface area contributed by atoms with Gasteiger partial charge in [-0.2, -0.15) is 0 Å². The fourth-order valence-corrected chi connectivity index (χ4v) is 2.86. The van der Waals surface area contributed by atoms with Crippen molar-refractivity contribution in [1.29, 1.82) is 0 Å². The molecule has 0 fully saturated rings. The summed E-state index contributed by atoms with van der Waals surface area (Å²) in [6.45, 7) is 3.45. The topological polar surface area (TPSA) is 58.2 Å². The van der Waals surface area contributed by atoms with Crippen molar-refractivity contribution in [1.82, 2.24) is 5.32 Å². The number of carbonyl (C=O) groups excluding carboxylic acids is 2. The third kappa shape index (κ3) is 6.13. The maximum Gasteiger partial charge on any atom is 0.247 e. The number of rotatable bonds is 7. The Hall–Kier alpha value is -1.75. The smallest absolute Gasteiger partial charge is 0.247 e. The van der Waals surface area contributed by atoms with E-state index in [9.17, 15) is 9.59 Å². The molecule has 2 amide bonds. The van der Waals surface area contributed by atoms with Crippen molar-refractivity contribution in [3.8, 4) is 0 Å². The Balaban J connectivity index is 2.22. The molecule has 2 aromatic rings. The van der Waals surface area contributed by atoms with Gasteiger partial charge < -0.3 is 10.6 Å². The molecule has 1 atom stereocenters. The number of anilines is 1. The van der Waals surface area contributed by atoms with E-state index in [4.69, 9.17) is 34.8 Å². The first-order valence-corrected chi connectivity index (χ1v) is 9.69. The number of nitrogens with one attached hydrogen (secondary N) is 2. The lowest BCUT2D eigenvalue weighted by molar-refractivity contribution is -0.131. The Morgan fingerprint density at radius 3 is 2.33 bits per heavy atom. The van der Waals surface area contributed by atoms with Crippen molar-refractivity contribution in [3.63, 3.8) is 0 Å². The van der Waals surface area contributed by atoms with Gasteiger partial charge in [-0.1, -0.05) is 53.5 Å². The third-order valence-electron chi connectivity index (χ3n) is 4.04. The van der Waals surface area contributed by atoms with Gasteiger partial charge in [0.2, 0.25) is 11.8 Å². The number of hydrogen-bond acceptors (Lipinski definition) is 2. The monoisotopic (exact) mass is 426 g/mol. The Kier molecular flexibility index (Phi) is 7.54. The molecular weight excluding hydrogens is 407 g/mol. The molecule has 2 aromatic carbocycles. The number of hydrogen-bond donors (Lipinski definition) is 2. The van der Waals surface area contributed by atoms with Gasteiger partial charge in [-0.3, -0.25) is 9.59 Å². The predicted molar refractivity (Wildman–Crippen MR) is 112 cm³/mol. The Labute approximate surface area is 174 Å². The van der Waals surface area contributed by atoms with Crippen LogP contribution < -0.4 is 10.6 Å². The van der Waals surface area contributed by atoms with Gasteiger partial charge in [-0.25, -0.2) is 0 Å². The SMILES string of the molecule is CC(C)(CCl)C(=O)NC(Cc1ccccc1)C(=O)Nc1ccc(Cl)cc1Cl. The summed E-state index contributed by atoms with van der Waals surface area (Å²) in [6, 6.07) is 13.4. The summed E-state index contributed by atoms with van der Waals surface area (Å²) in [7, 11) is 0. The minimum atomic E-state index is -0.797. The van der Waals surface area contributed by atoms with Crippen molar-refractivity contribution in [3.05, 3.63) is 64.1 Å². The van der Waals surface area contributed by atoms with Crippen LogP contribution in [0.25, 0.3) is 0 Å². The van der Waals surface area contributed by atoms with Crippen LogP contribution in [0.3, 0.4) is 0 Å². The van der Waals surface area contributed by atoms with Crippen LogP contribution in [-0.2, 0) is 16.0 Å². The summed E-state index contributed by atoms with van der Waals surface area (Å²) >= 11 is 17.9. The lowest BCUT2D eigenvalue weighted by atomic mass is 9.94. The van der Waals surface area contributed by atoms with Crippen LogP contribution >= 0.6 is 34.8 Å². The van der Waals surface area contributed by atoms with E-state index in [0.717, 1.165) is 5.56 Å². The van der Waals surface area contributed by atoms with E-state index >= 15 is 0 Å². The van der Waals surface area contributed by atoms with Crippen LogP contribution in [0.4, 0.5) is 5.69 Å². The highest BCUT2D eigenvalue weighted by atomic mass is 35.5. The van der Waals surface area contributed by atoms with E-state index in [1.165, 1.54) is 0 Å². The molecule has 0 aliphatic carbocycles. The largest absolute Gasteiger partial charge is 0.343 e. The fourth-order valence-electron chi connectivity index (χ4n) is 2.28. The first-order chi connectivity index (χ1) is 12.7. The standard InChI is InChI=1S/C20H21Cl3N2O2/c1-20(2,12-21)19(27)25-17(10-13-6-4-3-5-7-13)18(26)24-16-9-8-14(22)11-15(16)23/h3-9,11,17H,10,12H2,1-2H3,(H,24,26)(H,25,27). The summed E-state index contributed by atoms with van der Waals surface area (Å²) in [5.41, 5.74) is 0.549. The minimum Gasteiger partial charge on any atom is -0.343 e. The first-order valence-electron chi connectivity index (χ1n) is 8.39. The number of benzene rings is 2. The second-order valence-corrected chi connectivity index (χ2v) is 7.96. The van der Waals surface area contributed by atoms with Crippen molar-refractivity contribution in [2.75, 3.05) is 11.2 Å². The van der Waals surface area contributed by atoms with Gasteiger partial charge in [-0.05, 0) is 37.6 Å². The number of amides is 2. The molecule has 1 unspecified atom stereocenters. The van der Waals surface area contributed by atoms with Crippen LogP contribution in [0.1, 0.15) is 19.4 Å². The van der Waals surface area contributed by atoms with E-state index in [2.05, 4.69) is 10.6 Å². The number of carbonyl (C=O) groups is 2. The second kappa shape index (κ2) is 9.45. The molecule has 2 rings (SSSR count). The molecule has 4 nitrogen and oxygen atoms in total. The molecule has 0 heterocycles. The summed E-state index contributed by atoms with van der Waals surface area (Å²) < 4.78 is 0. The molecule has 27 heavy (non-hydrogen) atoms. The molecular formula is C20H21Cl3N2O2. The molecule has 0 aliphatic rings. The van der Waals surface area contributed by atoms with Crippen LogP contribution in [-0.4, -0.2) is 23.7 Å². The Bertz CT molecular complexity index is 810. The van der Waals surface area contributed by atoms with Gasteiger partial charge in [0.15, 0.2) is 0 Å². The predicted octanol–water partition coefficient (Wildman–Crippen LogP) is 4.92. The van der Waals surface area contributed by atoms with Crippen molar-refractivity contribution < 1.29 is 9.59 Å². The van der Waals surface area contributed by atoms with Gasteiger partial charge in [-0.15, -0.1) is 11.6 Å². The highest BCUT2D eigenvalue weighted by Crippen LogP contribution is 2.26. The maximum atomic E-state index is 12.9. The maximum absolute atomic E-state index is 12.9. The molecule has 0 radical (unpaired) electrons. The molecule has 0 aliphatic heterocycles. The average molecular weight is 428 g/mol. The van der Waals surface area contributed by atoms with E-state index in [1.807, 2.05) is 30.3 Å². The zero-order chi connectivity index (χ0) is 20.0. The average Bonchev–Trinajstić information content (AvgIpc) is 2.64. The lowest BCUT2D eigenvalue weighted by Crippen LogP contribution is -2.50. The molecule has 0 saturated carbocycles. The highest BCUT2D eigenvalue weighted by Gasteiger charge is 2.31. The van der Waals surface area contributed by atoms with Crippen molar-refractivity contribution in [2.45, 2.75) is 26.3 Å². The quantitative estimate of drug-likeness (QED) is 0.616. The van der Waals surface area contributed by atoms with Crippen molar-refractivity contribution >= 4 is 52.3 Å². The zero-order valence-corrected chi connectivity index (χ0v) is 17.3. The molecule has 7 heteroatoms. The molecule has 0 spiro atoms. The summed E-state index contributed by atoms with van der Waals surface area (Å²) in [4.78, 5) is 25.4. The molecule has 0 saturated heterocycles. The third-order valence-corrected chi connectivity index (χ3v) is 5.26. The number of halogens is 3. The molecule has 0 aromatic heterocycles. The molecule has 0 bridgehead atoms. The summed E-state index contributed by atoms with van der Waals surface area (Å²) in [5, 5.41) is 6.35. The fraction of sp³-hybridized carbons (Fsp3) is 0.300. The van der Waals surface area contributed by atoms with Crippen LogP contribution in [0.2, 0.25) is 10.0 Å². The Morgan fingerprint density at radius 1 is 1.07 bits per heavy atom. The van der Waals surface area contributed by atoms with Crippen LogP contribution in [0.15, 0.2) is 48.5 Å². The van der Waals surface area contributed by atoms with Gasteiger partial charge in [0, 0.05) is 17.3 Å². The van der Waals surface area contributed by atoms with Gasteiger partial charge in [0.05, 0.1) is 16.1 Å². The second-order valence-electron chi connectivity index (χ2n) is 6.85. The van der Waals surface area contributed by atoms with Crippen LogP contribution in [0.5, 0.6) is 0 Å². The van der Waals surface area contributed by atoms with Crippen molar-refractivity contribution in [2.24, 2.45) is 5.41 Å². The lowest BCUT2D eigenvalue weighted by Gasteiger charge is -2.25. The number of alkyl halides is 1. The minimum absolute atomic E-state index is 0.140. The highest BCUT2D eigenvalue weighted by molar-refractivity contribution is 6.36. The first kappa shape index (κ1) is 21.5. The van der Waals surface area contributed by atoms with E-state index in [0.29, 0.717) is 22.2 Å². The van der Waals surface area contributed by atoms with E-state index in [-0.39, 0.29) is 17.7 Å². The zero-order valence-electron chi connectivity index (χ0n) is 15.1. The van der Waals surface area contributed by atoms with Gasteiger partial charge in [0.1, 0.15) is 6.04 Å². The molecule has 2 N–H and O–H groups in total. The summed E-state index contributed by atoms with van der Waals surface area (Å²) in [6.07, 6.45) is 0.335. The van der Waals surface area contributed by atoms with Gasteiger partial charge in [0.25, 0.3) is 0 Å². The van der Waals surface area contributed by atoms with Gasteiger partial charge >= 0.3 is 0 Å². The Morgan fingerprint density at radius 2 is 1.74 bits per heavy atom. The van der Waals surface area contributed by atoms with Crippen LogP contribution in [0, 0.1) is 5.41 Å². The van der Waals surface area contributed by atoms with E-state index in [1.54, 1.807) is 32.0 Å². The normalized spacial score (nSPS) is 12.3. The molecule has 144 valence electrons.